The predicted molar refractivity (Wildman–Crippen MR) is 146 cm³/mol. The van der Waals surface area contributed by atoms with E-state index in [-0.39, 0.29) is 39.1 Å². The zero-order valence-electron chi connectivity index (χ0n) is 23.3. The minimum atomic E-state index is -4.36. The molecule has 0 saturated carbocycles. The summed E-state index contributed by atoms with van der Waals surface area (Å²) in [6, 6.07) is 0. The monoisotopic (exact) mass is 580 g/mol. The summed E-state index contributed by atoms with van der Waals surface area (Å²) in [7, 11) is -2.89. The minimum Gasteiger partial charge on any atom is -0.465 e. The van der Waals surface area contributed by atoms with Crippen LogP contribution in [-0.2, 0) is 38.7 Å². The second-order valence-electron chi connectivity index (χ2n) is 10.3. The number of ether oxygens (including phenoxy) is 3. The maximum absolute atomic E-state index is 13.0. The lowest BCUT2D eigenvalue weighted by Crippen LogP contribution is -2.51. The van der Waals surface area contributed by atoms with E-state index in [0.717, 1.165) is 6.42 Å². The number of nitrogens with zero attached hydrogens (tertiary/aromatic N) is 1. The number of hydrogen-bond donors (Lipinski definition) is 3. The molecule has 0 aromatic carbocycles. The van der Waals surface area contributed by atoms with E-state index in [9.17, 15) is 22.8 Å². The molecular formula is C25H44N2O9S2. The lowest BCUT2D eigenvalue weighted by Gasteiger charge is -2.28. The van der Waals surface area contributed by atoms with Gasteiger partial charge in [-0.05, 0) is 33.1 Å². The van der Waals surface area contributed by atoms with E-state index < -0.39 is 61.9 Å². The highest BCUT2D eigenvalue weighted by atomic mass is 32.2. The van der Waals surface area contributed by atoms with Crippen molar-refractivity contribution in [2.24, 2.45) is 11.8 Å². The number of methoxy groups -OCH3 is 1. The molecule has 2 N–H and O–H groups in total. The van der Waals surface area contributed by atoms with Gasteiger partial charge in [-0.2, -0.15) is 21.0 Å². The molecule has 0 aliphatic carbocycles. The van der Waals surface area contributed by atoms with Gasteiger partial charge in [0.15, 0.2) is 0 Å². The minimum absolute atomic E-state index is 0.0126. The summed E-state index contributed by atoms with van der Waals surface area (Å²) in [6.07, 6.45) is 1.92. The summed E-state index contributed by atoms with van der Waals surface area (Å²) in [5, 5.41) is 1.47. The molecule has 1 amide bonds. The van der Waals surface area contributed by atoms with Crippen LogP contribution in [0.2, 0.25) is 0 Å². The molecule has 0 rings (SSSR count). The van der Waals surface area contributed by atoms with Crippen LogP contribution in [0.15, 0.2) is 0 Å². The third-order valence-corrected chi connectivity index (χ3v) is 7.57. The van der Waals surface area contributed by atoms with E-state index in [0.29, 0.717) is 12.8 Å². The van der Waals surface area contributed by atoms with Crippen LogP contribution >= 0.6 is 12.6 Å². The molecule has 0 bridgehead atoms. The summed E-state index contributed by atoms with van der Waals surface area (Å²) >= 11 is 4.34. The second-order valence-corrected chi connectivity index (χ2v) is 12.4. The van der Waals surface area contributed by atoms with Crippen molar-refractivity contribution in [1.29, 1.82) is 0 Å². The average Bonchev–Trinajstić information content (AvgIpc) is 2.81. The molecule has 13 heteroatoms. The first-order valence-corrected chi connectivity index (χ1v) is 14.8. The van der Waals surface area contributed by atoms with Crippen LogP contribution in [0, 0.1) is 18.4 Å². The largest absolute Gasteiger partial charge is 0.465 e. The molecule has 4 unspecified atom stereocenters. The highest BCUT2D eigenvalue weighted by Gasteiger charge is 2.40. The van der Waals surface area contributed by atoms with Crippen molar-refractivity contribution >= 4 is 40.6 Å². The Balaban J connectivity index is 5.90. The molecule has 0 radical (unpaired) electrons. The van der Waals surface area contributed by atoms with Gasteiger partial charge in [0.25, 0.3) is 10.1 Å². The fourth-order valence-corrected chi connectivity index (χ4v) is 5.06. The number of amides is 1. The van der Waals surface area contributed by atoms with Crippen LogP contribution in [0.1, 0.15) is 73.1 Å². The SMILES string of the molecule is [C-]#[N+]C(C)(CC)CC(CC(CC(S)C(=O)NC(C)(C)CS(=O)(=O)O)C(=O)OCCCC)C(=O)OCCOC. The Labute approximate surface area is 232 Å². The van der Waals surface area contributed by atoms with Crippen LogP contribution in [0.5, 0.6) is 0 Å². The number of carbonyl (C=O) groups excluding carboxylic acids is 3. The molecule has 0 aromatic rings. The molecular weight excluding hydrogens is 536 g/mol. The van der Waals surface area contributed by atoms with Crippen molar-refractivity contribution in [2.75, 3.05) is 32.7 Å². The fraction of sp³-hybridized carbons (Fsp3) is 0.840. The van der Waals surface area contributed by atoms with E-state index in [1.54, 1.807) is 6.92 Å². The third kappa shape index (κ3) is 14.9. The van der Waals surface area contributed by atoms with Crippen LogP contribution in [0.3, 0.4) is 0 Å². The maximum atomic E-state index is 13.0. The number of thiol groups is 1. The van der Waals surface area contributed by atoms with E-state index in [2.05, 4.69) is 22.8 Å². The molecule has 0 aliphatic heterocycles. The van der Waals surface area contributed by atoms with Crippen molar-refractivity contribution in [1.82, 2.24) is 5.32 Å². The molecule has 0 heterocycles. The van der Waals surface area contributed by atoms with Crippen molar-refractivity contribution in [3.05, 3.63) is 11.4 Å². The molecule has 0 aromatic heterocycles. The Morgan fingerprint density at radius 3 is 2.11 bits per heavy atom. The quantitative estimate of drug-likeness (QED) is 0.0689. The number of esters is 2. The van der Waals surface area contributed by atoms with Crippen LogP contribution in [0.4, 0.5) is 0 Å². The van der Waals surface area contributed by atoms with Crippen molar-refractivity contribution in [3.8, 4) is 0 Å². The highest BCUT2D eigenvalue weighted by Crippen LogP contribution is 2.32. The van der Waals surface area contributed by atoms with Crippen molar-refractivity contribution in [2.45, 2.75) is 89.5 Å². The molecule has 38 heavy (non-hydrogen) atoms. The van der Waals surface area contributed by atoms with Gasteiger partial charge in [-0.1, -0.05) is 20.3 Å². The van der Waals surface area contributed by atoms with E-state index in [4.69, 9.17) is 25.3 Å². The van der Waals surface area contributed by atoms with E-state index in [1.807, 2.05) is 13.8 Å². The van der Waals surface area contributed by atoms with Gasteiger partial charge in [-0.25, -0.2) is 6.57 Å². The number of hydrogen-bond acceptors (Lipinski definition) is 9. The van der Waals surface area contributed by atoms with Crippen molar-refractivity contribution < 1.29 is 41.6 Å². The van der Waals surface area contributed by atoms with Gasteiger partial charge in [0.2, 0.25) is 11.4 Å². The number of rotatable bonds is 19. The summed E-state index contributed by atoms with van der Waals surface area (Å²) in [4.78, 5) is 42.5. The lowest BCUT2D eigenvalue weighted by atomic mass is 9.81. The van der Waals surface area contributed by atoms with Gasteiger partial charge in [0.05, 0.1) is 41.6 Å². The third-order valence-electron chi connectivity index (χ3n) is 6.04. The molecule has 4 atom stereocenters. The summed E-state index contributed by atoms with van der Waals surface area (Å²) < 4.78 is 47.4. The first-order chi connectivity index (χ1) is 17.5. The Morgan fingerprint density at radius 2 is 1.61 bits per heavy atom. The van der Waals surface area contributed by atoms with E-state index in [1.165, 1.54) is 21.0 Å². The van der Waals surface area contributed by atoms with Gasteiger partial charge in [-0.3, -0.25) is 18.9 Å². The van der Waals surface area contributed by atoms with E-state index >= 15 is 0 Å². The van der Waals surface area contributed by atoms with Crippen LogP contribution in [-0.4, -0.2) is 79.8 Å². The van der Waals surface area contributed by atoms with Gasteiger partial charge in [0, 0.05) is 26.9 Å². The van der Waals surface area contributed by atoms with Gasteiger partial charge in [0.1, 0.15) is 6.61 Å². The topological polar surface area (TPSA) is 150 Å². The Morgan fingerprint density at radius 1 is 1.03 bits per heavy atom. The predicted octanol–water partition coefficient (Wildman–Crippen LogP) is 3.09. The Bertz CT molecular complexity index is 918. The second kappa shape index (κ2) is 16.9. The molecule has 0 spiro atoms. The lowest BCUT2D eigenvalue weighted by molar-refractivity contribution is -0.154. The highest BCUT2D eigenvalue weighted by molar-refractivity contribution is 7.85. The molecule has 0 fully saturated rings. The number of carbonyl (C=O) groups is 3. The number of unbranched alkanes of at least 4 members (excludes halogenated alkanes) is 1. The molecule has 11 nitrogen and oxygen atoms in total. The smallest absolute Gasteiger partial charge is 0.309 e. The zero-order chi connectivity index (χ0) is 29.6. The van der Waals surface area contributed by atoms with Gasteiger partial charge in [-0.15, -0.1) is 0 Å². The van der Waals surface area contributed by atoms with Crippen LogP contribution < -0.4 is 5.32 Å². The Kier molecular flexibility index (Phi) is 16.1. The van der Waals surface area contributed by atoms with Crippen LogP contribution in [0.25, 0.3) is 4.85 Å². The Hall–Kier alpha value is -1.88. The standard InChI is InChI=1S/C25H44N2O9S2/c1-8-10-11-35-22(29)18(15-20(37)21(28)27-24(3,4)17-38(31,32)33)14-19(16-25(5,9-2)26-6)23(30)36-13-12-34-7/h18-20,37H,8-17H2,1-5,7H3,(H,27,28)(H,31,32,33). The molecule has 220 valence electrons. The molecule has 0 saturated heterocycles. The number of nitrogens with one attached hydrogen (secondary N) is 1. The summed E-state index contributed by atoms with van der Waals surface area (Å²) in [5.74, 6) is -4.28. The van der Waals surface area contributed by atoms with Gasteiger partial charge < -0.3 is 24.4 Å². The summed E-state index contributed by atoms with van der Waals surface area (Å²) in [6.45, 7) is 16.3. The normalized spacial score (nSPS) is 15.9. The zero-order valence-corrected chi connectivity index (χ0v) is 25.0. The first kappa shape index (κ1) is 36.1. The fourth-order valence-electron chi connectivity index (χ4n) is 3.76. The summed E-state index contributed by atoms with van der Waals surface area (Å²) in [5.41, 5.74) is -2.16. The van der Waals surface area contributed by atoms with Crippen molar-refractivity contribution in [3.63, 3.8) is 0 Å². The maximum Gasteiger partial charge on any atom is 0.309 e. The first-order valence-electron chi connectivity index (χ1n) is 12.7. The van der Waals surface area contributed by atoms with Gasteiger partial charge >= 0.3 is 11.9 Å². The molecule has 0 aliphatic rings. The average molecular weight is 581 g/mol.